The molecule has 2 rings (SSSR count). The fourth-order valence-electron chi connectivity index (χ4n) is 4.38. The highest BCUT2D eigenvalue weighted by Gasteiger charge is 2.38. The Bertz CT molecular complexity index is 1400. The number of hydrogen-bond donors (Lipinski definition) is 3. The molecule has 0 radical (unpaired) electrons. The second-order valence-electron chi connectivity index (χ2n) is 12.6. The van der Waals surface area contributed by atoms with Crippen molar-refractivity contribution in [3.8, 4) is 12.5 Å². The zero-order valence-electron chi connectivity index (χ0n) is 27.0. The molecule has 3 unspecified atom stereocenters. The van der Waals surface area contributed by atoms with Gasteiger partial charge in [0, 0.05) is 18.9 Å². The molecule has 2 aromatic carbocycles. The Morgan fingerprint density at radius 3 is 1.98 bits per heavy atom. The standard InChI is InChI=1S/C34H44N4O7/c1-9-38(30(41)25(19-20-27(35)39)37-32(43)45-34(6,7)8)28(24-18-14-13-15-22(24)2)29(40)36-26(31(42)44-33(3,4)5)21-23-16-11-10-12-17-23/h1,10-18,25-26,28H,19-21H2,2-8H3,(H2,35,39)(H,36,40)(H,37,43). The van der Waals surface area contributed by atoms with Crippen LogP contribution < -0.4 is 16.4 Å². The zero-order chi connectivity index (χ0) is 33.9. The number of terminal acetylenes is 1. The quantitative estimate of drug-likeness (QED) is 0.186. The highest BCUT2D eigenvalue weighted by Crippen LogP contribution is 2.26. The first-order valence-electron chi connectivity index (χ1n) is 14.6. The van der Waals surface area contributed by atoms with Crippen LogP contribution >= 0.6 is 0 Å². The summed E-state index contributed by atoms with van der Waals surface area (Å²) < 4.78 is 10.9. The van der Waals surface area contributed by atoms with Crippen molar-refractivity contribution in [1.82, 2.24) is 15.5 Å². The Hall–Kier alpha value is -4.85. The van der Waals surface area contributed by atoms with Crippen molar-refractivity contribution in [1.29, 1.82) is 0 Å². The van der Waals surface area contributed by atoms with Crippen LogP contribution in [0.5, 0.6) is 0 Å². The van der Waals surface area contributed by atoms with Gasteiger partial charge in [0.1, 0.15) is 29.3 Å². The van der Waals surface area contributed by atoms with Gasteiger partial charge in [-0.25, -0.2) is 9.59 Å². The Kier molecular flexibility index (Phi) is 12.7. The van der Waals surface area contributed by atoms with E-state index in [1.54, 1.807) is 72.7 Å². The molecule has 4 amide bonds. The van der Waals surface area contributed by atoms with E-state index in [2.05, 4.69) is 16.7 Å². The molecule has 0 saturated heterocycles. The van der Waals surface area contributed by atoms with Gasteiger partial charge in [-0.3, -0.25) is 19.3 Å². The number of ether oxygens (including phenoxy) is 2. The predicted molar refractivity (Wildman–Crippen MR) is 169 cm³/mol. The fourth-order valence-corrected chi connectivity index (χ4v) is 4.38. The molecule has 0 bridgehead atoms. The maximum absolute atomic E-state index is 14.2. The van der Waals surface area contributed by atoms with Crippen LogP contribution in [-0.4, -0.2) is 58.0 Å². The lowest BCUT2D eigenvalue weighted by Gasteiger charge is -2.32. The van der Waals surface area contributed by atoms with Crippen molar-refractivity contribution < 1.29 is 33.4 Å². The van der Waals surface area contributed by atoms with Gasteiger partial charge in [-0.15, -0.1) is 0 Å². The van der Waals surface area contributed by atoms with Crippen LogP contribution in [0.4, 0.5) is 4.79 Å². The minimum absolute atomic E-state index is 0.105. The van der Waals surface area contributed by atoms with Gasteiger partial charge < -0.3 is 25.8 Å². The SMILES string of the molecule is C#CN(C(=O)C(CCC(N)=O)NC(=O)OC(C)(C)C)C(C(=O)NC(Cc1ccccc1)C(=O)OC(C)(C)C)c1ccccc1C. The van der Waals surface area contributed by atoms with Crippen molar-refractivity contribution >= 4 is 29.8 Å². The molecule has 0 spiro atoms. The smallest absolute Gasteiger partial charge is 0.408 e. The number of nitrogens with one attached hydrogen (secondary N) is 2. The lowest BCUT2D eigenvalue weighted by atomic mass is 9.97. The number of amides is 4. The first kappa shape index (κ1) is 36.3. The monoisotopic (exact) mass is 620 g/mol. The molecule has 0 aliphatic heterocycles. The van der Waals surface area contributed by atoms with E-state index in [1.807, 2.05) is 30.3 Å². The highest BCUT2D eigenvalue weighted by atomic mass is 16.6. The van der Waals surface area contributed by atoms with Gasteiger partial charge in [-0.1, -0.05) is 61.0 Å². The summed E-state index contributed by atoms with van der Waals surface area (Å²) in [5, 5.41) is 5.21. The maximum atomic E-state index is 14.2. The van der Waals surface area contributed by atoms with E-state index in [4.69, 9.17) is 21.6 Å². The van der Waals surface area contributed by atoms with E-state index >= 15 is 0 Å². The van der Waals surface area contributed by atoms with E-state index in [0.717, 1.165) is 10.5 Å². The van der Waals surface area contributed by atoms with Crippen molar-refractivity contribution in [2.45, 2.75) is 97.1 Å². The molecule has 2 aromatic rings. The first-order chi connectivity index (χ1) is 20.9. The summed E-state index contributed by atoms with van der Waals surface area (Å²) in [6.45, 7) is 11.8. The van der Waals surface area contributed by atoms with Crippen LogP contribution in [0.25, 0.3) is 0 Å². The molecule has 4 N–H and O–H groups in total. The van der Waals surface area contributed by atoms with E-state index in [-0.39, 0.29) is 19.3 Å². The zero-order valence-corrected chi connectivity index (χ0v) is 27.0. The van der Waals surface area contributed by atoms with Crippen molar-refractivity contribution in [2.24, 2.45) is 5.73 Å². The number of carbonyl (C=O) groups excluding carboxylic acids is 5. The molecule has 0 saturated carbocycles. The molecular formula is C34H44N4O7. The Morgan fingerprint density at radius 2 is 1.44 bits per heavy atom. The lowest BCUT2D eigenvalue weighted by molar-refractivity contribution is -0.159. The number of esters is 1. The Labute approximate surface area is 265 Å². The molecule has 242 valence electrons. The van der Waals surface area contributed by atoms with Gasteiger partial charge in [0.15, 0.2) is 0 Å². The summed E-state index contributed by atoms with van der Waals surface area (Å²) in [6, 6.07) is 14.2. The van der Waals surface area contributed by atoms with Crippen molar-refractivity contribution in [3.63, 3.8) is 0 Å². The molecule has 0 aromatic heterocycles. The van der Waals surface area contributed by atoms with Crippen molar-refractivity contribution in [2.75, 3.05) is 0 Å². The second-order valence-corrected chi connectivity index (χ2v) is 12.6. The van der Waals surface area contributed by atoms with Crippen LogP contribution in [0.15, 0.2) is 54.6 Å². The average molecular weight is 621 g/mol. The molecule has 11 nitrogen and oxygen atoms in total. The largest absolute Gasteiger partial charge is 0.458 e. The third kappa shape index (κ3) is 12.0. The molecule has 45 heavy (non-hydrogen) atoms. The summed E-state index contributed by atoms with van der Waals surface area (Å²) in [4.78, 5) is 66.6. The fraction of sp³-hybridized carbons (Fsp3) is 0.441. The number of nitrogens with two attached hydrogens (primary N) is 1. The summed E-state index contributed by atoms with van der Waals surface area (Å²) >= 11 is 0. The number of nitrogens with zero attached hydrogens (tertiary/aromatic N) is 1. The van der Waals surface area contributed by atoms with Gasteiger partial charge >= 0.3 is 12.1 Å². The molecule has 0 fully saturated rings. The van der Waals surface area contributed by atoms with Gasteiger partial charge in [-0.2, -0.15) is 0 Å². The van der Waals surface area contributed by atoms with Gasteiger partial charge in [-0.05, 0) is 71.6 Å². The first-order valence-corrected chi connectivity index (χ1v) is 14.6. The van der Waals surface area contributed by atoms with Crippen LogP contribution in [0.1, 0.15) is 77.1 Å². The number of benzene rings is 2. The minimum atomic E-state index is -1.43. The number of hydrogen-bond acceptors (Lipinski definition) is 7. The van der Waals surface area contributed by atoms with E-state index in [1.165, 1.54) is 0 Å². The van der Waals surface area contributed by atoms with Crippen LogP contribution in [0, 0.1) is 19.4 Å². The Morgan fingerprint density at radius 1 is 0.867 bits per heavy atom. The molecule has 3 atom stereocenters. The van der Waals surface area contributed by atoms with Gasteiger partial charge in [0.05, 0.1) is 0 Å². The van der Waals surface area contributed by atoms with E-state index < -0.39 is 59.1 Å². The average Bonchev–Trinajstić information content (AvgIpc) is 2.92. The van der Waals surface area contributed by atoms with E-state index in [0.29, 0.717) is 11.1 Å². The number of aryl methyl sites for hydroxylation is 1. The van der Waals surface area contributed by atoms with Crippen LogP contribution in [0.2, 0.25) is 0 Å². The van der Waals surface area contributed by atoms with Crippen LogP contribution in [-0.2, 0) is 35.1 Å². The summed E-state index contributed by atoms with van der Waals surface area (Å²) in [5.74, 6) is -2.99. The molecule has 0 aliphatic carbocycles. The normalized spacial score (nSPS) is 13.3. The molecular weight excluding hydrogens is 576 g/mol. The molecule has 0 heterocycles. The Balaban J connectivity index is 2.56. The summed E-state index contributed by atoms with van der Waals surface area (Å²) in [6.07, 6.45) is 4.59. The predicted octanol–water partition coefficient (Wildman–Crippen LogP) is 3.68. The minimum Gasteiger partial charge on any atom is -0.458 e. The van der Waals surface area contributed by atoms with Gasteiger partial charge in [0.25, 0.3) is 5.91 Å². The number of alkyl carbamates (subject to hydrolysis) is 1. The van der Waals surface area contributed by atoms with Crippen molar-refractivity contribution in [3.05, 3.63) is 71.3 Å². The summed E-state index contributed by atoms with van der Waals surface area (Å²) in [7, 11) is 0. The maximum Gasteiger partial charge on any atom is 0.408 e. The number of rotatable bonds is 12. The summed E-state index contributed by atoms with van der Waals surface area (Å²) in [5.41, 5.74) is 5.40. The topological polar surface area (TPSA) is 157 Å². The van der Waals surface area contributed by atoms with Crippen LogP contribution in [0.3, 0.4) is 0 Å². The number of primary amides is 1. The third-order valence-electron chi connectivity index (χ3n) is 6.33. The second kappa shape index (κ2) is 15.7. The highest BCUT2D eigenvalue weighted by molar-refractivity contribution is 5.95. The number of carbonyl (C=O) groups is 5. The van der Waals surface area contributed by atoms with E-state index in [9.17, 15) is 24.0 Å². The lowest BCUT2D eigenvalue weighted by Crippen LogP contribution is -2.54. The molecule has 0 aliphatic rings. The van der Waals surface area contributed by atoms with Gasteiger partial charge in [0.2, 0.25) is 11.8 Å². The third-order valence-corrected chi connectivity index (χ3v) is 6.33. The molecule has 11 heteroatoms.